The highest BCUT2D eigenvalue weighted by atomic mass is 32.1. The molecule has 3 heterocycles. The van der Waals surface area contributed by atoms with Crippen LogP contribution in [0.25, 0.3) is 16.8 Å². The largest absolute Gasteiger partial charge is 0.391 e. The Morgan fingerprint density at radius 1 is 1.41 bits per heavy atom. The molecule has 86 valence electrons. The number of hydrogen-bond donors (Lipinski definition) is 1. The zero-order valence-corrected chi connectivity index (χ0v) is 10.4. The average Bonchev–Trinajstić information content (AvgIpc) is 2.91. The predicted molar refractivity (Wildman–Crippen MR) is 72.3 cm³/mol. The monoisotopic (exact) mass is 243 g/mol. The highest BCUT2D eigenvalue weighted by Gasteiger charge is 2.11. The van der Waals surface area contributed by atoms with Crippen molar-refractivity contribution >= 4 is 21.9 Å². The van der Waals surface area contributed by atoms with Gasteiger partial charge < -0.3 is 10.1 Å². The Morgan fingerprint density at radius 3 is 3.12 bits per heavy atom. The van der Waals surface area contributed by atoms with Gasteiger partial charge >= 0.3 is 0 Å². The molecule has 0 unspecified atom stereocenters. The summed E-state index contributed by atoms with van der Waals surface area (Å²) in [5, 5.41) is 0.876. The second-order valence-corrected chi connectivity index (χ2v) is 5.10. The molecular weight excluding hydrogens is 230 g/mol. The van der Waals surface area contributed by atoms with E-state index in [4.69, 9.17) is 5.73 Å². The number of fused-ring (bicyclic) bond motifs is 1. The first-order valence-electron chi connectivity index (χ1n) is 5.59. The maximum absolute atomic E-state index is 5.90. The van der Waals surface area contributed by atoms with Crippen molar-refractivity contribution in [2.45, 2.75) is 13.3 Å². The lowest BCUT2D eigenvalue weighted by Crippen LogP contribution is -1.89. The number of aryl methyl sites for hydroxylation is 1. The van der Waals surface area contributed by atoms with Crippen molar-refractivity contribution in [3.8, 4) is 11.3 Å². The first kappa shape index (κ1) is 10.4. The number of hydrogen-bond acceptors (Lipinski definition) is 3. The minimum atomic E-state index is 0.876. The molecule has 3 nitrogen and oxygen atoms in total. The van der Waals surface area contributed by atoms with E-state index in [-0.39, 0.29) is 0 Å². The van der Waals surface area contributed by atoms with Crippen molar-refractivity contribution < 1.29 is 0 Å². The summed E-state index contributed by atoms with van der Waals surface area (Å²) in [4.78, 5) is 5.46. The Morgan fingerprint density at radius 2 is 2.29 bits per heavy atom. The van der Waals surface area contributed by atoms with Gasteiger partial charge in [-0.15, -0.1) is 11.3 Å². The summed E-state index contributed by atoms with van der Waals surface area (Å²) in [6, 6.07) is 6.26. The van der Waals surface area contributed by atoms with Crippen molar-refractivity contribution in [2.24, 2.45) is 0 Å². The average molecular weight is 243 g/mol. The van der Waals surface area contributed by atoms with E-state index in [2.05, 4.69) is 34.5 Å². The third kappa shape index (κ3) is 1.61. The maximum atomic E-state index is 5.90. The van der Waals surface area contributed by atoms with Crippen LogP contribution in [0.5, 0.6) is 0 Å². The Bertz CT molecular complexity index is 666. The fraction of sp³-hybridized carbons (Fsp3) is 0.154. The summed E-state index contributed by atoms with van der Waals surface area (Å²) in [6.07, 6.45) is 6.66. The summed E-state index contributed by atoms with van der Waals surface area (Å²) in [6.45, 7) is 2.16. The third-order valence-electron chi connectivity index (χ3n) is 2.88. The van der Waals surface area contributed by atoms with Gasteiger partial charge in [0.2, 0.25) is 0 Å². The topological polar surface area (TPSA) is 43.3 Å². The second-order valence-electron chi connectivity index (χ2n) is 3.93. The van der Waals surface area contributed by atoms with Crippen LogP contribution < -0.4 is 5.73 Å². The van der Waals surface area contributed by atoms with Gasteiger partial charge in [-0.1, -0.05) is 6.92 Å². The highest BCUT2D eigenvalue weighted by Crippen LogP contribution is 2.34. The van der Waals surface area contributed by atoms with E-state index in [9.17, 15) is 0 Å². The SMILES string of the molecule is CCc1sc(N)cc1-c1ccc2cnccn12. The summed E-state index contributed by atoms with van der Waals surface area (Å²) < 4.78 is 2.15. The van der Waals surface area contributed by atoms with Crippen molar-refractivity contribution in [3.05, 3.63) is 41.7 Å². The number of anilines is 1. The van der Waals surface area contributed by atoms with E-state index in [1.165, 1.54) is 16.1 Å². The molecule has 3 aromatic heterocycles. The first-order valence-corrected chi connectivity index (χ1v) is 6.41. The van der Waals surface area contributed by atoms with Gasteiger partial charge in [-0.05, 0) is 24.6 Å². The van der Waals surface area contributed by atoms with Crippen LogP contribution in [0.15, 0.2) is 36.8 Å². The predicted octanol–water partition coefficient (Wildman–Crippen LogP) is 3.21. The molecule has 0 bridgehead atoms. The molecule has 0 amide bonds. The lowest BCUT2D eigenvalue weighted by molar-refractivity contribution is 1.13. The molecule has 0 saturated heterocycles. The van der Waals surface area contributed by atoms with Crippen LogP contribution in [0.3, 0.4) is 0 Å². The standard InChI is InChI=1S/C13H13N3S/c1-2-12-10(7-13(14)17-12)11-4-3-9-8-15-5-6-16(9)11/h3-8H,2,14H2,1H3. The van der Waals surface area contributed by atoms with Crippen molar-refractivity contribution in [2.75, 3.05) is 5.73 Å². The third-order valence-corrected chi connectivity index (χ3v) is 3.99. The Balaban J connectivity index is 2.26. The van der Waals surface area contributed by atoms with Crippen LogP contribution in [0.1, 0.15) is 11.8 Å². The van der Waals surface area contributed by atoms with Gasteiger partial charge in [-0.2, -0.15) is 0 Å². The highest BCUT2D eigenvalue weighted by molar-refractivity contribution is 7.16. The quantitative estimate of drug-likeness (QED) is 0.751. The van der Waals surface area contributed by atoms with Gasteiger partial charge in [0.25, 0.3) is 0 Å². The van der Waals surface area contributed by atoms with Crippen molar-refractivity contribution in [1.82, 2.24) is 9.38 Å². The molecule has 0 radical (unpaired) electrons. The van der Waals surface area contributed by atoms with E-state index >= 15 is 0 Å². The van der Waals surface area contributed by atoms with Gasteiger partial charge in [-0.3, -0.25) is 4.98 Å². The van der Waals surface area contributed by atoms with Crippen LogP contribution in [-0.2, 0) is 6.42 Å². The molecule has 3 rings (SSSR count). The maximum Gasteiger partial charge on any atom is 0.0866 e. The van der Waals surface area contributed by atoms with Gasteiger partial charge in [-0.25, -0.2) is 0 Å². The summed E-state index contributed by atoms with van der Waals surface area (Å²) in [5.74, 6) is 0. The molecular formula is C13H13N3S. The van der Waals surface area contributed by atoms with Gasteiger partial charge in [0, 0.05) is 22.8 Å². The van der Waals surface area contributed by atoms with Crippen LogP contribution >= 0.6 is 11.3 Å². The number of nitrogen functional groups attached to an aromatic ring is 1. The normalized spacial score (nSPS) is 11.1. The molecule has 2 N–H and O–H groups in total. The van der Waals surface area contributed by atoms with Crippen LogP contribution in [-0.4, -0.2) is 9.38 Å². The molecule has 0 aliphatic carbocycles. The number of rotatable bonds is 2. The Labute approximate surface area is 104 Å². The summed E-state index contributed by atoms with van der Waals surface area (Å²) in [5.41, 5.74) is 9.43. The summed E-state index contributed by atoms with van der Waals surface area (Å²) >= 11 is 1.67. The number of nitrogens with two attached hydrogens (primary N) is 1. The zero-order chi connectivity index (χ0) is 11.8. The zero-order valence-electron chi connectivity index (χ0n) is 9.55. The summed E-state index contributed by atoms with van der Waals surface area (Å²) in [7, 11) is 0. The fourth-order valence-corrected chi connectivity index (χ4v) is 2.99. The number of thiophene rings is 1. The first-order chi connectivity index (χ1) is 8.29. The smallest absolute Gasteiger partial charge is 0.0866 e. The molecule has 0 fully saturated rings. The molecule has 0 aliphatic rings. The second kappa shape index (κ2) is 3.89. The molecule has 0 atom stereocenters. The van der Waals surface area contributed by atoms with E-state index in [1.807, 2.05) is 12.4 Å². The molecule has 0 saturated carbocycles. The molecule has 4 heteroatoms. The van der Waals surface area contributed by atoms with Crippen LogP contribution in [0.2, 0.25) is 0 Å². The molecule has 17 heavy (non-hydrogen) atoms. The lowest BCUT2D eigenvalue weighted by atomic mass is 10.1. The van der Waals surface area contributed by atoms with Crippen LogP contribution in [0.4, 0.5) is 5.00 Å². The molecule has 0 spiro atoms. The van der Waals surface area contributed by atoms with E-state index in [0.717, 1.165) is 16.9 Å². The van der Waals surface area contributed by atoms with Crippen LogP contribution in [0, 0.1) is 0 Å². The van der Waals surface area contributed by atoms with Crippen molar-refractivity contribution in [3.63, 3.8) is 0 Å². The minimum absolute atomic E-state index is 0.876. The molecule has 0 aliphatic heterocycles. The van der Waals surface area contributed by atoms with Gasteiger partial charge in [0.05, 0.1) is 22.4 Å². The Kier molecular flexibility index (Phi) is 2.37. The van der Waals surface area contributed by atoms with Gasteiger partial charge in [0.15, 0.2) is 0 Å². The van der Waals surface area contributed by atoms with E-state index < -0.39 is 0 Å². The molecule has 0 aromatic carbocycles. The fourth-order valence-electron chi connectivity index (χ4n) is 2.11. The van der Waals surface area contributed by atoms with E-state index in [0.29, 0.717) is 0 Å². The van der Waals surface area contributed by atoms with Gasteiger partial charge in [0.1, 0.15) is 0 Å². The number of nitrogens with zero attached hydrogens (tertiary/aromatic N) is 2. The minimum Gasteiger partial charge on any atom is -0.391 e. The Hall–Kier alpha value is -1.81. The molecule has 3 aromatic rings. The lowest BCUT2D eigenvalue weighted by Gasteiger charge is -2.02. The van der Waals surface area contributed by atoms with Crippen molar-refractivity contribution in [1.29, 1.82) is 0 Å². The number of aromatic nitrogens is 2. The van der Waals surface area contributed by atoms with E-state index in [1.54, 1.807) is 17.5 Å².